The molecule has 0 saturated heterocycles. The van der Waals surface area contributed by atoms with Gasteiger partial charge in [-0.2, -0.15) is 0 Å². The molecule has 2 rings (SSSR count). The second-order valence-electron chi connectivity index (χ2n) is 5.65. The van der Waals surface area contributed by atoms with Crippen LogP contribution in [0, 0.1) is 17.8 Å². The number of hydrogen-bond acceptors (Lipinski definition) is 2. The first kappa shape index (κ1) is 11.9. The molecule has 0 amide bonds. The lowest BCUT2D eigenvalue weighted by Gasteiger charge is -2.41. The van der Waals surface area contributed by atoms with Gasteiger partial charge in [0.15, 0.2) is 0 Å². The Labute approximate surface area is 98.7 Å². The Morgan fingerprint density at radius 2 is 1.94 bits per heavy atom. The lowest BCUT2D eigenvalue weighted by molar-refractivity contribution is -0.167. The second-order valence-corrected chi connectivity index (χ2v) is 5.65. The van der Waals surface area contributed by atoms with Crippen molar-refractivity contribution in [3.63, 3.8) is 0 Å². The molecule has 0 aromatic heterocycles. The Bertz CT molecular complexity index is 268. The Morgan fingerprint density at radius 3 is 2.31 bits per heavy atom. The lowest BCUT2D eigenvalue weighted by atomic mass is 9.73. The van der Waals surface area contributed by atoms with Crippen LogP contribution in [0.4, 0.5) is 0 Å². The first-order chi connectivity index (χ1) is 7.61. The van der Waals surface area contributed by atoms with Crippen molar-refractivity contribution in [2.24, 2.45) is 17.8 Å². The third-order valence-corrected chi connectivity index (χ3v) is 4.96. The van der Waals surface area contributed by atoms with Gasteiger partial charge in [0.2, 0.25) is 0 Å². The van der Waals surface area contributed by atoms with Crippen LogP contribution in [0.5, 0.6) is 0 Å². The number of carbonyl (C=O) groups is 1. The van der Waals surface area contributed by atoms with E-state index in [1.807, 2.05) is 0 Å². The Morgan fingerprint density at radius 1 is 1.25 bits per heavy atom. The van der Waals surface area contributed by atoms with Crippen LogP contribution in [-0.2, 0) is 9.53 Å². The van der Waals surface area contributed by atoms with Crippen molar-refractivity contribution in [3.05, 3.63) is 0 Å². The largest absolute Gasteiger partial charge is 0.459 e. The smallest absolute Gasteiger partial charge is 0.303 e. The van der Waals surface area contributed by atoms with Crippen molar-refractivity contribution in [3.8, 4) is 0 Å². The van der Waals surface area contributed by atoms with Crippen LogP contribution in [0.2, 0.25) is 0 Å². The summed E-state index contributed by atoms with van der Waals surface area (Å²) in [4.78, 5) is 11.3. The van der Waals surface area contributed by atoms with Gasteiger partial charge in [0.1, 0.15) is 5.60 Å². The monoisotopic (exact) mass is 224 g/mol. The molecule has 0 spiro atoms. The highest BCUT2D eigenvalue weighted by Crippen LogP contribution is 2.54. The number of fused-ring (bicyclic) bond motifs is 2. The van der Waals surface area contributed by atoms with Crippen LogP contribution in [0.3, 0.4) is 0 Å². The fraction of sp³-hybridized carbons (Fsp3) is 0.929. The molecule has 2 bridgehead atoms. The average Bonchev–Trinajstić information content (AvgIpc) is 2.87. The zero-order valence-corrected chi connectivity index (χ0v) is 10.8. The fourth-order valence-electron chi connectivity index (χ4n) is 4.17. The van der Waals surface area contributed by atoms with Gasteiger partial charge in [-0.25, -0.2) is 0 Å². The van der Waals surface area contributed by atoms with E-state index in [1.54, 1.807) is 6.92 Å². The molecule has 3 atom stereocenters. The molecule has 2 aliphatic carbocycles. The number of rotatable bonds is 4. The van der Waals surface area contributed by atoms with Crippen LogP contribution in [0.1, 0.15) is 59.3 Å². The van der Waals surface area contributed by atoms with E-state index in [9.17, 15) is 4.79 Å². The maximum atomic E-state index is 11.3. The standard InChI is InChI=1S/C14H24O2/c1-4-14(5-2,16-10(3)15)13-9-11-6-7-12(13)8-11/h11-13H,4-9H2,1-3H3. The summed E-state index contributed by atoms with van der Waals surface area (Å²) in [7, 11) is 0. The number of carbonyl (C=O) groups excluding carboxylic acids is 1. The molecule has 0 N–H and O–H groups in total. The summed E-state index contributed by atoms with van der Waals surface area (Å²) < 4.78 is 5.73. The molecular weight excluding hydrogens is 200 g/mol. The zero-order valence-electron chi connectivity index (χ0n) is 10.8. The van der Waals surface area contributed by atoms with Crippen molar-refractivity contribution < 1.29 is 9.53 Å². The normalized spacial score (nSPS) is 33.1. The van der Waals surface area contributed by atoms with E-state index in [0.717, 1.165) is 24.7 Å². The Kier molecular flexibility index (Phi) is 3.27. The molecule has 0 aromatic carbocycles. The van der Waals surface area contributed by atoms with Crippen molar-refractivity contribution in [2.75, 3.05) is 0 Å². The third kappa shape index (κ3) is 1.87. The summed E-state index contributed by atoms with van der Waals surface area (Å²) in [6.07, 6.45) is 7.38. The van der Waals surface area contributed by atoms with Crippen molar-refractivity contribution >= 4 is 5.97 Å². The first-order valence-corrected chi connectivity index (χ1v) is 6.81. The highest BCUT2D eigenvalue weighted by atomic mass is 16.6. The van der Waals surface area contributed by atoms with Crippen LogP contribution >= 0.6 is 0 Å². The molecule has 92 valence electrons. The summed E-state index contributed by atoms with van der Waals surface area (Å²) >= 11 is 0. The van der Waals surface area contributed by atoms with Gasteiger partial charge in [-0.15, -0.1) is 0 Å². The van der Waals surface area contributed by atoms with Gasteiger partial charge in [-0.1, -0.05) is 20.3 Å². The Hall–Kier alpha value is -0.530. The molecule has 0 heterocycles. The van der Waals surface area contributed by atoms with Crippen LogP contribution in [0.15, 0.2) is 0 Å². The van der Waals surface area contributed by atoms with Gasteiger partial charge in [0.25, 0.3) is 0 Å². The minimum absolute atomic E-state index is 0.105. The molecule has 0 aromatic rings. The van der Waals surface area contributed by atoms with Crippen molar-refractivity contribution in [2.45, 2.75) is 64.9 Å². The predicted octanol–water partition coefficient (Wildman–Crippen LogP) is 3.54. The maximum absolute atomic E-state index is 11.3. The summed E-state index contributed by atoms with van der Waals surface area (Å²) in [5.74, 6) is 2.27. The van der Waals surface area contributed by atoms with E-state index in [1.165, 1.54) is 25.7 Å². The number of hydrogen-bond donors (Lipinski definition) is 0. The molecule has 2 aliphatic rings. The average molecular weight is 224 g/mol. The zero-order chi connectivity index (χ0) is 11.8. The van der Waals surface area contributed by atoms with E-state index in [0.29, 0.717) is 5.92 Å². The quantitative estimate of drug-likeness (QED) is 0.683. The molecule has 2 heteroatoms. The summed E-state index contributed by atoms with van der Waals surface area (Å²) in [6.45, 7) is 5.88. The van der Waals surface area contributed by atoms with Gasteiger partial charge < -0.3 is 4.74 Å². The topological polar surface area (TPSA) is 26.3 Å². The lowest BCUT2D eigenvalue weighted by Crippen LogP contribution is -2.43. The number of ether oxygens (including phenoxy) is 1. The van der Waals surface area contributed by atoms with Gasteiger partial charge in [0.05, 0.1) is 0 Å². The van der Waals surface area contributed by atoms with E-state index in [4.69, 9.17) is 4.74 Å². The van der Waals surface area contributed by atoms with E-state index < -0.39 is 0 Å². The molecule has 2 saturated carbocycles. The highest BCUT2D eigenvalue weighted by molar-refractivity contribution is 5.66. The predicted molar refractivity (Wildman–Crippen MR) is 64.0 cm³/mol. The molecule has 2 nitrogen and oxygen atoms in total. The van der Waals surface area contributed by atoms with E-state index in [-0.39, 0.29) is 11.6 Å². The summed E-state index contributed by atoms with van der Waals surface area (Å²) in [5.41, 5.74) is -0.161. The van der Waals surface area contributed by atoms with Gasteiger partial charge in [-0.3, -0.25) is 4.79 Å². The van der Waals surface area contributed by atoms with E-state index in [2.05, 4.69) is 13.8 Å². The SMILES string of the molecule is CCC(CC)(OC(C)=O)C1CC2CCC1C2. The number of esters is 1. The fourth-order valence-corrected chi connectivity index (χ4v) is 4.17. The summed E-state index contributed by atoms with van der Waals surface area (Å²) in [5, 5.41) is 0. The molecule has 16 heavy (non-hydrogen) atoms. The maximum Gasteiger partial charge on any atom is 0.303 e. The van der Waals surface area contributed by atoms with Gasteiger partial charge >= 0.3 is 5.97 Å². The van der Waals surface area contributed by atoms with Crippen molar-refractivity contribution in [1.82, 2.24) is 0 Å². The van der Waals surface area contributed by atoms with Gasteiger partial charge in [-0.05, 0) is 43.9 Å². The van der Waals surface area contributed by atoms with Crippen LogP contribution < -0.4 is 0 Å². The van der Waals surface area contributed by atoms with Gasteiger partial charge in [0, 0.05) is 12.8 Å². The second kappa shape index (κ2) is 4.38. The highest BCUT2D eigenvalue weighted by Gasteiger charge is 2.50. The third-order valence-electron chi connectivity index (χ3n) is 4.96. The molecule has 3 unspecified atom stereocenters. The van der Waals surface area contributed by atoms with Crippen LogP contribution in [-0.4, -0.2) is 11.6 Å². The summed E-state index contributed by atoms with van der Waals surface area (Å²) in [6, 6.07) is 0. The molecule has 0 radical (unpaired) electrons. The minimum atomic E-state index is -0.161. The Balaban J connectivity index is 2.15. The molecule has 2 fully saturated rings. The minimum Gasteiger partial charge on any atom is -0.459 e. The van der Waals surface area contributed by atoms with E-state index >= 15 is 0 Å². The first-order valence-electron chi connectivity index (χ1n) is 6.81. The van der Waals surface area contributed by atoms with Crippen molar-refractivity contribution in [1.29, 1.82) is 0 Å². The molecule has 0 aliphatic heterocycles. The van der Waals surface area contributed by atoms with Crippen LogP contribution in [0.25, 0.3) is 0 Å². The molecular formula is C14H24O2.